The fourth-order valence-electron chi connectivity index (χ4n) is 2.09. The number of hydrogen-bond donors (Lipinski definition) is 1. The minimum absolute atomic E-state index is 0.129. The van der Waals surface area contributed by atoms with Gasteiger partial charge in [0.2, 0.25) is 0 Å². The zero-order chi connectivity index (χ0) is 13.4. The van der Waals surface area contributed by atoms with Gasteiger partial charge in [0.15, 0.2) is 0 Å². The Kier molecular flexibility index (Phi) is 2.59. The fraction of sp³-hybridized carbons (Fsp3) is 0.143. The SMILES string of the molecule is Cn1cc(NC(=O)c2ccc3ccn(C)c3c2)cn1. The van der Waals surface area contributed by atoms with E-state index >= 15 is 0 Å². The first-order valence-electron chi connectivity index (χ1n) is 5.98. The third kappa shape index (κ3) is 2.10. The van der Waals surface area contributed by atoms with Gasteiger partial charge in [-0.05, 0) is 23.6 Å². The van der Waals surface area contributed by atoms with Crippen molar-refractivity contribution in [3.8, 4) is 0 Å². The molecule has 3 rings (SSSR count). The summed E-state index contributed by atoms with van der Waals surface area (Å²) in [5, 5.41) is 7.97. The van der Waals surface area contributed by atoms with Gasteiger partial charge in [0.1, 0.15) is 0 Å². The molecule has 96 valence electrons. The quantitative estimate of drug-likeness (QED) is 0.762. The van der Waals surface area contributed by atoms with Gasteiger partial charge in [-0.2, -0.15) is 5.10 Å². The lowest BCUT2D eigenvalue weighted by atomic mass is 10.1. The van der Waals surface area contributed by atoms with Crippen LogP contribution in [0, 0.1) is 0 Å². The standard InChI is InChI=1S/C14H14N4O/c1-17-6-5-10-3-4-11(7-13(10)17)14(19)16-12-8-15-18(2)9-12/h3-9H,1-2H3,(H,16,19). The van der Waals surface area contributed by atoms with Crippen molar-refractivity contribution in [1.82, 2.24) is 14.3 Å². The molecule has 0 spiro atoms. The molecule has 1 amide bonds. The van der Waals surface area contributed by atoms with Gasteiger partial charge >= 0.3 is 0 Å². The lowest BCUT2D eigenvalue weighted by molar-refractivity contribution is 0.102. The fourth-order valence-corrected chi connectivity index (χ4v) is 2.09. The molecule has 0 saturated carbocycles. The Labute approximate surface area is 110 Å². The maximum atomic E-state index is 12.1. The third-order valence-electron chi connectivity index (χ3n) is 3.11. The number of carbonyl (C=O) groups excluding carboxylic acids is 1. The number of anilines is 1. The molecule has 0 bridgehead atoms. The van der Waals surface area contributed by atoms with Gasteiger partial charge in [0.05, 0.1) is 11.9 Å². The molecule has 5 heteroatoms. The van der Waals surface area contributed by atoms with Crippen molar-refractivity contribution in [2.24, 2.45) is 14.1 Å². The minimum Gasteiger partial charge on any atom is -0.351 e. The molecule has 5 nitrogen and oxygen atoms in total. The molecule has 0 aliphatic carbocycles. The Hall–Kier alpha value is -2.56. The number of nitrogens with zero attached hydrogens (tertiary/aromatic N) is 3. The van der Waals surface area contributed by atoms with Gasteiger partial charge in [0, 0.05) is 37.6 Å². The number of aryl methyl sites for hydroxylation is 2. The molecule has 0 atom stereocenters. The van der Waals surface area contributed by atoms with E-state index in [9.17, 15) is 4.79 Å². The van der Waals surface area contributed by atoms with E-state index in [0.717, 1.165) is 10.9 Å². The summed E-state index contributed by atoms with van der Waals surface area (Å²) >= 11 is 0. The van der Waals surface area contributed by atoms with Crippen molar-refractivity contribution < 1.29 is 4.79 Å². The van der Waals surface area contributed by atoms with Crippen LogP contribution in [0.3, 0.4) is 0 Å². The second-order valence-corrected chi connectivity index (χ2v) is 4.56. The van der Waals surface area contributed by atoms with Crippen LogP contribution >= 0.6 is 0 Å². The highest BCUT2D eigenvalue weighted by Crippen LogP contribution is 2.17. The Morgan fingerprint density at radius 1 is 1.26 bits per heavy atom. The smallest absolute Gasteiger partial charge is 0.255 e. The van der Waals surface area contributed by atoms with E-state index in [2.05, 4.69) is 10.4 Å². The van der Waals surface area contributed by atoms with E-state index < -0.39 is 0 Å². The van der Waals surface area contributed by atoms with Crippen molar-refractivity contribution in [3.05, 3.63) is 48.4 Å². The van der Waals surface area contributed by atoms with Crippen LogP contribution in [0.5, 0.6) is 0 Å². The summed E-state index contributed by atoms with van der Waals surface area (Å²) in [6, 6.07) is 7.70. The predicted octanol–water partition coefficient (Wildman–Crippen LogP) is 2.16. The predicted molar refractivity (Wildman–Crippen MR) is 74.1 cm³/mol. The van der Waals surface area contributed by atoms with E-state index in [1.54, 1.807) is 17.1 Å². The molecule has 2 aromatic heterocycles. The first kappa shape index (κ1) is 11.5. The first-order chi connectivity index (χ1) is 9.13. The highest BCUT2D eigenvalue weighted by Gasteiger charge is 2.09. The van der Waals surface area contributed by atoms with Crippen LogP contribution in [0.2, 0.25) is 0 Å². The number of hydrogen-bond acceptors (Lipinski definition) is 2. The highest BCUT2D eigenvalue weighted by atomic mass is 16.1. The largest absolute Gasteiger partial charge is 0.351 e. The topological polar surface area (TPSA) is 51.9 Å². The molecule has 0 fully saturated rings. The molecule has 0 unspecified atom stereocenters. The molecule has 0 radical (unpaired) electrons. The second-order valence-electron chi connectivity index (χ2n) is 4.56. The number of carbonyl (C=O) groups is 1. The van der Waals surface area contributed by atoms with Crippen molar-refractivity contribution in [2.75, 3.05) is 5.32 Å². The Balaban J connectivity index is 1.90. The molecular formula is C14H14N4O. The first-order valence-corrected chi connectivity index (χ1v) is 5.98. The summed E-state index contributed by atoms with van der Waals surface area (Å²) in [6.45, 7) is 0. The number of amides is 1. The molecule has 1 aromatic carbocycles. The highest BCUT2D eigenvalue weighted by molar-refractivity contribution is 6.06. The van der Waals surface area contributed by atoms with Gasteiger partial charge in [0.25, 0.3) is 5.91 Å². The second kappa shape index (κ2) is 4.28. The summed E-state index contributed by atoms with van der Waals surface area (Å²) in [7, 11) is 3.77. The minimum atomic E-state index is -0.129. The van der Waals surface area contributed by atoms with Crippen molar-refractivity contribution >= 4 is 22.5 Å². The zero-order valence-corrected chi connectivity index (χ0v) is 10.8. The monoisotopic (exact) mass is 254 g/mol. The van der Waals surface area contributed by atoms with E-state index in [1.165, 1.54) is 0 Å². The van der Waals surface area contributed by atoms with Crippen LogP contribution in [0.4, 0.5) is 5.69 Å². The average molecular weight is 254 g/mol. The van der Waals surface area contributed by atoms with E-state index in [4.69, 9.17) is 0 Å². The van der Waals surface area contributed by atoms with Crippen molar-refractivity contribution in [3.63, 3.8) is 0 Å². The Bertz CT molecular complexity index is 754. The van der Waals surface area contributed by atoms with Gasteiger partial charge in [-0.1, -0.05) is 6.07 Å². The number of fused-ring (bicyclic) bond motifs is 1. The lowest BCUT2D eigenvalue weighted by Crippen LogP contribution is -2.11. The Morgan fingerprint density at radius 3 is 2.84 bits per heavy atom. The number of nitrogens with one attached hydrogen (secondary N) is 1. The van der Waals surface area contributed by atoms with Crippen molar-refractivity contribution in [2.45, 2.75) is 0 Å². The molecule has 2 heterocycles. The number of aromatic nitrogens is 3. The van der Waals surface area contributed by atoms with Crippen LogP contribution in [-0.4, -0.2) is 20.3 Å². The van der Waals surface area contributed by atoms with Crippen LogP contribution in [0.15, 0.2) is 42.9 Å². The van der Waals surface area contributed by atoms with Crippen LogP contribution < -0.4 is 5.32 Å². The summed E-state index contributed by atoms with van der Waals surface area (Å²) in [4.78, 5) is 12.1. The van der Waals surface area contributed by atoms with E-state index in [0.29, 0.717) is 11.3 Å². The maximum absolute atomic E-state index is 12.1. The molecular weight excluding hydrogens is 240 g/mol. The summed E-state index contributed by atoms with van der Waals surface area (Å²) in [5.74, 6) is -0.129. The van der Waals surface area contributed by atoms with Crippen LogP contribution in [-0.2, 0) is 14.1 Å². The third-order valence-corrected chi connectivity index (χ3v) is 3.11. The summed E-state index contributed by atoms with van der Waals surface area (Å²) in [6.07, 6.45) is 5.37. The van der Waals surface area contributed by atoms with Gasteiger partial charge < -0.3 is 9.88 Å². The summed E-state index contributed by atoms with van der Waals surface area (Å²) < 4.78 is 3.65. The molecule has 0 aliphatic rings. The maximum Gasteiger partial charge on any atom is 0.255 e. The summed E-state index contributed by atoms with van der Waals surface area (Å²) in [5.41, 5.74) is 2.37. The van der Waals surface area contributed by atoms with Crippen molar-refractivity contribution in [1.29, 1.82) is 0 Å². The molecule has 3 aromatic rings. The molecule has 1 N–H and O–H groups in total. The van der Waals surface area contributed by atoms with E-state index in [1.807, 2.05) is 49.1 Å². The number of rotatable bonds is 2. The molecule has 0 aliphatic heterocycles. The molecule has 19 heavy (non-hydrogen) atoms. The lowest BCUT2D eigenvalue weighted by Gasteiger charge is -2.03. The normalized spacial score (nSPS) is 10.8. The zero-order valence-electron chi connectivity index (χ0n) is 10.8. The average Bonchev–Trinajstić information content (AvgIpc) is 2.96. The van der Waals surface area contributed by atoms with Crippen LogP contribution in [0.25, 0.3) is 10.9 Å². The van der Waals surface area contributed by atoms with Gasteiger partial charge in [-0.25, -0.2) is 0 Å². The van der Waals surface area contributed by atoms with Crippen LogP contribution in [0.1, 0.15) is 10.4 Å². The van der Waals surface area contributed by atoms with Gasteiger partial charge in [-0.3, -0.25) is 9.48 Å². The van der Waals surface area contributed by atoms with E-state index in [-0.39, 0.29) is 5.91 Å². The Morgan fingerprint density at radius 2 is 2.11 bits per heavy atom. The van der Waals surface area contributed by atoms with Gasteiger partial charge in [-0.15, -0.1) is 0 Å². The molecule has 0 saturated heterocycles. The number of benzene rings is 1.